The molecule has 0 saturated heterocycles. The molecule has 2 aliphatic rings. The molecule has 1 aromatic heterocycles. The third kappa shape index (κ3) is 2.75. The van der Waals surface area contributed by atoms with Crippen molar-refractivity contribution in [3.63, 3.8) is 0 Å². The third-order valence-corrected chi connectivity index (χ3v) is 4.47. The lowest BCUT2D eigenvalue weighted by Gasteiger charge is -2.16. The number of carbonyl (C=O) groups excluding carboxylic acids is 1. The van der Waals surface area contributed by atoms with Crippen molar-refractivity contribution in [2.45, 2.75) is 32.2 Å². The van der Waals surface area contributed by atoms with Crippen LogP contribution in [0.3, 0.4) is 0 Å². The summed E-state index contributed by atoms with van der Waals surface area (Å²) in [7, 11) is 0. The highest BCUT2D eigenvalue weighted by Gasteiger charge is 2.18. The van der Waals surface area contributed by atoms with Crippen molar-refractivity contribution in [1.29, 1.82) is 0 Å². The minimum absolute atomic E-state index is 0.177. The highest BCUT2D eigenvalue weighted by Crippen LogP contribution is 2.32. The monoisotopic (exact) mass is 326 g/mol. The maximum atomic E-state index is 12.4. The van der Waals surface area contributed by atoms with Gasteiger partial charge in [-0.2, -0.15) is 0 Å². The van der Waals surface area contributed by atoms with Gasteiger partial charge >= 0.3 is 0 Å². The molecule has 0 bridgehead atoms. The quantitative estimate of drug-likeness (QED) is 0.903. The van der Waals surface area contributed by atoms with E-state index in [0.29, 0.717) is 18.0 Å². The normalized spacial score (nSPS) is 15.0. The Morgan fingerprint density at radius 3 is 2.88 bits per heavy atom. The molecule has 24 heavy (non-hydrogen) atoms. The van der Waals surface area contributed by atoms with Gasteiger partial charge in [0.2, 0.25) is 6.79 Å². The average Bonchev–Trinajstić information content (AvgIpc) is 3.06. The van der Waals surface area contributed by atoms with Crippen LogP contribution in [0.5, 0.6) is 11.5 Å². The molecule has 6 nitrogen and oxygen atoms in total. The van der Waals surface area contributed by atoms with Crippen LogP contribution in [0.2, 0.25) is 0 Å². The molecule has 4 rings (SSSR count). The predicted molar refractivity (Wildman–Crippen MR) is 87.4 cm³/mol. The summed E-state index contributed by atoms with van der Waals surface area (Å²) in [5.74, 6) is 1.02. The van der Waals surface area contributed by atoms with Crippen molar-refractivity contribution in [3.8, 4) is 11.5 Å². The van der Waals surface area contributed by atoms with Crippen LogP contribution in [-0.4, -0.2) is 17.7 Å². The summed E-state index contributed by atoms with van der Waals surface area (Å²) in [6.45, 7) is 0.543. The van der Waals surface area contributed by atoms with E-state index in [0.717, 1.165) is 42.5 Å². The lowest BCUT2D eigenvalue weighted by molar-refractivity contribution is 0.0949. The highest BCUT2D eigenvalue weighted by atomic mass is 16.7. The fraction of sp³-hybridized carbons (Fsp3) is 0.333. The molecule has 0 spiro atoms. The fourth-order valence-electron chi connectivity index (χ4n) is 3.17. The number of nitrogens with one attached hydrogen (secondary N) is 2. The summed E-state index contributed by atoms with van der Waals surface area (Å²) >= 11 is 0. The molecule has 1 aliphatic carbocycles. The minimum atomic E-state index is -0.359. The van der Waals surface area contributed by atoms with Crippen molar-refractivity contribution in [2.75, 3.05) is 6.79 Å². The summed E-state index contributed by atoms with van der Waals surface area (Å²) in [5, 5.41) is 2.80. The fourth-order valence-corrected chi connectivity index (χ4v) is 3.17. The molecule has 0 radical (unpaired) electrons. The molecule has 2 heterocycles. The SMILES string of the molecule is O=C(NCc1ccc2c(c1)OCO2)c1cc2c([nH]c1=O)CCCC2. The molecular weight excluding hydrogens is 308 g/mol. The van der Waals surface area contributed by atoms with Crippen LogP contribution in [0.4, 0.5) is 0 Å². The summed E-state index contributed by atoms with van der Waals surface area (Å²) in [6, 6.07) is 7.25. The number of benzene rings is 1. The second-order valence-corrected chi connectivity index (χ2v) is 6.09. The molecule has 2 N–H and O–H groups in total. The van der Waals surface area contributed by atoms with Crippen molar-refractivity contribution in [3.05, 3.63) is 57.0 Å². The standard InChI is InChI=1S/C18H18N2O4/c21-17(13-8-12-3-1-2-4-14(12)20-18(13)22)19-9-11-5-6-15-16(7-11)24-10-23-15/h5-8H,1-4,9-10H2,(H,19,21)(H,20,22). The number of rotatable bonds is 3. The number of aryl methyl sites for hydroxylation is 2. The van der Waals surface area contributed by atoms with Crippen LogP contribution in [0.25, 0.3) is 0 Å². The average molecular weight is 326 g/mol. The van der Waals surface area contributed by atoms with Crippen LogP contribution < -0.4 is 20.3 Å². The topological polar surface area (TPSA) is 80.4 Å². The zero-order valence-corrected chi connectivity index (χ0v) is 13.2. The van der Waals surface area contributed by atoms with E-state index in [1.54, 1.807) is 6.07 Å². The van der Waals surface area contributed by atoms with Gasteiger partial charge < -0.3 is 19.8 Å². The Labute approximate surface area is 138 Å². The van der Waals surface area contributed by atoms with Crippen molar-refractivity contribution < 1.29 is 14.3 Å². The summed E-state index contributed by atoms with van der Waals surface area (Å²) in [5.41, 5.74) is 2.80. The number of pyridine rings is 1. The molecule has 1 aliphatic heterocycles. The third-order valence-electron chi connectivity index (χ3n) is 4.47. The first-order valence-electron chi connectivity index (χ1n) is 8.12. The van der Waals surface area contributed by atoms with Gasteiger partial charge in [0, 0.05) is 12.2 Å². The van der Waals surface area contributed by atoms with Crippen LogP contribution in [-0.2, 0) is 19.4 Å². The van der Waals surface area contributed by atoms with E-state index in [1.807, 2.05) is 18.2 Å². The number of carbonyl (C=O) groups is 1. The van der Waals surface area contributed by atoms with Crippen molar-refractivity contribution >= 4 is 5.91 Å². The van der Waals surface area contributed by atoms with E-state index in [-0.39, 0.29) is 23.8 Å². The Bertz CT molecular complexity index is 857. The molecule has 2 aromatic rings. The first-order valence-corrected chi connectivity index (χ1v) is 8.12. The zero-order chi connectivity index (χ0) is 16.5. The Hall–Kier alpha value is -2.76. The number of hydrogen-bond acceptors (Lipinski definition) is 4. The second-order valence-electron chi connectivity index (χ2n) is 6.09. The number of fused-ring (bicyclic) bond motifs is 2. The summed E-state index contributed by atoms with van der Waals surface area (Å²) < 4.78 is 10.6. The van der Waals surface area contributed by atoms with Gasteiger partial charge in [-0.15, -0.1) is 0 Å². The van der Waals surface area contributed by atoms with Crippen LogP contribution in [0.15, 0.2) is 29.1 Å². The van der Waals surface area contributed by atoms with E-state index in [2.05, 4.69) is 10.3 Å². The number of amides is 1. The first-order chi connectivity index (χ1) is 11.7. The van der Waals surface area contributed by atoms with Gasteiger partial charge in [0.15, 0.2) is 11.5 Å². The number of ether oxygens (including phenoxy) is 2. The van der Waals surface area contributed by atoms with E-state index in [9.17, 15) is 9.59 Å². The predicted octanol–water partition coefficient (Wildman–Crippen LogP) is 1.91. The van der Waals surface area contributed by atoms with Gasteiger partial charge in [-0.25, -0.2) is 0 Å². The lowest BCUT2D eigenvalue weighted by atomic mass is 9.95. The number of aromatic nitrogens is 1. The summed E-state index contributed by atoms with van der Waals surface area (Å²) in [4.78, 5) is 27.4. The molecule has 0 fully saturated rings. The molecule has 0 atom stereocenters. The van der Waals surface area contributed by atoms with Crippen LogP contribution in [0.1, 0.15) is 40.0 Å². The second kappa shape index (κ2) is 6.03. The maximum Gasteiger partial charge on any atom is 0.261 e. The Morgan fingerprint density at radius 1 is 1.12 bits per heavy atom. The zero-order valence-electron chi connectivity index (χ0n) is 13.2. The number of aromatic amines is 1. The van der Waals surface area contributed by atoms with E-state index < -0.39 is 0 Å². The minimum Gasteiger partial charge on any atom is -0.454 e. The molecule has 1 amide bonds. The molecule has 6 heteroatoms. The lowest BCUT2D eigenvalue weighted by Crippen LogP contribution is -2.30. The van der Waals surface area contributed by atoms with Gasteiger partial charge in [-0.3, -0.25) is 9.59 Å². The van der Waals surface area contributed by atoms with Crippen LogP contribution >= 0.6 is 0 Å². The van der Waals surface area contributed by atoms with Gasteiger partial charge in [0.05, 0.1) is 0 Å². The van der Waals surface area contributed by atoms with E-state index in [4.69, 9.17) is 9.47 Å². The smallest absolute Gasteiger partial charge is 0.261 e. The van der Waals surface area contributed by atoms with Gasteiger partial charge in [-0.1, -0.05) is 6.07 Å². The van der Waals surface area contributed by atoms with Gasteiger partial charge in [0.1, 0.15) is 5.56 Å². The molecule has 0 saturated carbocycles. The maximum absolute atomic E-state index is 12.4. The molecular formula is C18H18N2O4. The Balaban J connectivity index is 1.49. The number of H-pyrrole nitrogens is 1. The molecule has 1 aromatic carbocycles. The van der Waals surface area contributed by atoms with Crippen LogP contribution in [0, 0.1) is 0 Å². The van der Waals surface area contributed by atoms with Gasteiger partial charge in [-0.05, 0) is 55.0 Å². The van der Waals surface area contributed by atoms with Crippen molar-refractivity contribution in [2.24, 2.45) is 0 Å². The largest absolute Gasteiger partial charge is 0.454 e. The van der Waals surface area contributed by atoms with E-state index >= 15 is 0 Å². The first kappa shape index (κ1) is 14.8. The van der Waals surface area contributed by atoms with Gasteiger partial charge in [0.25, 0.3) is 11.5 Å². The molecule has 0 unspecified atom stereocenters. The highest BCUT2D eigenvalue weighted by molar-refractivity contribution is 5.94. The van der Waals surface area contributed by atoms with Crippen molar-refractivity contribution in [1.82, 2.24) is 10.3 Å². The molecule has 124 valence electrons. The summed E-state index contributed by atoms with van der Waals surface area (Å²) in [6.07, 6.45) is 3.97. The van der Waals surface area contributed by atoms with E-state index in [1.165, 1.54) is 0 Å². The number of hydrogen-bond donors (Lipinski definition) is 2. The Morgan fingerprint density at radius 2 is 1.96 bits per heavy atom. The Kier molecular flexibility index (Phi) is 3.72.